The fraction of sp³-hybridized carbons (Fsp3) is 0.250. The summed E-state index contributed by atoms with van der Waals surface area (Å²) in [4.78, 5) is 15.4. The second kappa shape index (κ2) is 4.34. The van der Waals surface area contributed by atoms with Crippen molar-refractivity contribution in [2.24, 2.45) is 0 Å². The van der Waals surface area contributed by atoms with Crippen LogP contribution in [0.25, 0.3) is 0 Å². The lowest BCUT2D eigenvalue weighted by Gasteiger charge is -2.11. The molecule has 1 amide bonds. The van der Waals surface area contributed by atoms with Gasteiger partial charge in [-0.1, -0.05) is 0 Å². The first-order valence-corrected chi connectivity index (χ1v) is 4.49. The molecule has 0 saturated carbocycles. The first-order valence-electron chi connectivity index (χ1n) is 3.70. The van der Waals surface area contributed by atoms with Crippen LogP contribution in [-0.2, 0) is 0 Å². The molecule has 1 N–H and O–H groups in total. The monoisotopic (exact) mass is 243 g/mol. The van der Waals surface area contributed by atoms with Crippen LogP contribution in [0.15, 0.2) is 22.8 Å². The van der Waals surface area contributed by atoms with Gasteiger partial charge in [0.1, 0.15) is 5.69 Å². The van der Waals surface area contributed by atoms with E-state index in [-0.39, 0.29) is 5.91 Å². The summed E-state index contributed by atoms with van der Waals surface area (Å²) in [5.74, 6) is -0.225. The van der Waals surface area contributed by atoms with E-state index < -0.39 is 0 Å². The normalized spacial score (nSPS) is 10.2. The van der Waals surface area contributed by atoms with Gasteiger partial charge in [-0.3, -0.25) is 10.2 Å². The van der Waals surface area contributed by atoms with Gasteiger partial charge in [0.2, 0.25) is 0 Å². The van der Waals surface area contributed by atoms with E-state index in [0.717, 1.165) is 0 Å². The Morgan fingerprint density at radius 2 is 2.31 bits per heavy atom. The van der Waals surface area contributed by atoms with Crippen molar-refractivity contribution in [1.82, 2.24) is 15.4 Å². The lowest BCUT2D eigenvalue weighted by molar-refractivity contribution is 0.0850. The maximum atomic E-state index is 11.4. The second-order valence-corrected chi connectivity index (χ2v) is 3.52. The molecule has 1 heterocycles. The third-order valence-corrected chi connectivity index (χ3v) is 1.94. The second-order valence-electron chi connectivity index (χ2n) is 2.67. The van der Waals surface area contributed by atoms with E-state index >= 15 is 0 Å². The lowest BCUT2D eigenvalue weighted by Crippen LogP contribution is -2.36. The smallest absolute Gasteiger partial charge is 0.284 e. The van der Waals surface area contributed by atoms with E-state index in [1.165, 1.54) is 0 Å². The van der Waals surface area contributed by atoms with Gasteiger partial charge < -0.3 is 0 Å². The topological polar surface area (TPSA) is 45.2 Å². The van der Waals surface area contributed by atoms with Gasteiger partial charge in [-0.15, -0.1) is 0 Å². The molecule has 0 aliphatic rings. The first kappa shape index (κ1) is 10.1. The molecule has 0 atom stereocenters. The van der Waals surface area contributed by atoms with Crippen LogP contribution in [0.4, 0.5) is 0 Å². The lowest BCUT2D eigenvalue weighted by atomic mass is 10.3. The van der Waals surface area contributed by atoms with Crippen LogP contribution >= 0.6 is 15.9 Å². The molecule has 0 unspecified atom stereocenters. The van der Waals surface area contributed by atoms with Crippen LogP contribution < -0.4 is 5.43 Å². The zero-order valence-corrected chi connectivity index (χ0v) is 9.00. The quantitative estimate of drug-likeness (QED) is 0.791. The van der Waals surface area contributed by atoms with Gasteiger partial charge >= 0.3 is 0 Å². The summed E-state index contributed by atoms with van der Waals surface area (Å²) in [6.07, 6.45) is 1.58. The van der Waals surface area contributed by atoms with Gasteiger partial charge in [0, 0.05) is 24.8 Å². The van der Waals surface area contributed by atoms with Crippen LogP contribution in [0, 0.1) is 0 Å². The Morgan fingerprint density at radius 3 is 2.85 bits per heavy atom. The molecule has 13 heavy (non-hydrogen) atoms. The van der Waals surface area contributed by atoms with Gasteiger partial charge in [-0.05, 0) is 28.1 Å². The zero-order chi connectivity index (χ0) is 9.84. The van der Waals surface area contributed by atoms with Crippen molar-refractivity contribution in [3.8, 4) is 0 Å². The van der Waals surface area contributed by atoms with Gasteiger partial charge in [-0.25, -0.2) is 9.99 Å². The minimum atomic E-state index is -0.225. The maximum Gasteiger partial charge on any atom is 0.285 e. The van der Waals surface area contributed by atoms with Crippen molar-refractivity contribution < 1.29 is 4.79 Å². The van der Waals surface area contributed by atoms with Crippen molar-refractivity contribution in [1.29, 1.82) is 0 Å². The molecule has 1 rings (SSSR count). The number of rotatable bonds is 2. The number of pyridine rings is 1. The van der Waals surface area contributed by atoms with E-state index in [9.17, 15) is 4.79 Å². The highest BCUT2D eigenvalue weighted by Crippen LogP contribution is 2.12. The van der Waals surface area contributed by atoms with Gasteiger partial charge in [0.15, 0.2) is 0 Å². The average molecular weight is 244 g/mol. The number of hydrogen-bond donors (Lipinski definition) is 1. The maximum absolute atomic E-state index is 11.4. The van der Waals surface area contributed by atoms with Crippen LogP contribution in [0.3, 0.4) is 0 Å². The molecule has 0 spiro atoms. The number of nitrogens with zero attached hydrogens (tertiary/aromatic N) is 2. The van der Waals surface area contributed by atoms with Crippen LogP contribution in [0.1, 0.15) is 10.5 Å². The first-order chi connectivity index (χ1) is 6.11. The molecule has 5 heteroatoms. The molecule has 1 aromatic rings. The van der Waals surface area contributed by atoms with Crippen LogP contribution in [-0.4, -0.2) is 30.0 Å². The summed E-state index contributed by atoms with van der Waals surface area (Å²) >= 11 is 3.24. The number of hydrogen-bond acceptors (Lipinski definition) is 3. The predicted octanol–water partition coefficient (Wildman–Crippen LogP) is 1.05. The molecule has 0 radical (unpaired) electrons. The Balaban J connectivity index is 2.83. The standard InChI is InChI=1S/C8H10BrN3O/c1-12(2)11-8(13)7-6(9)4-3-5-10-7/h3-5H,1-2H3,(H,11,13). The largest absolute Gasteiger partial charge is 0.285 e. The van der Waals surface area contributed by atoms with Gasteiger partial charge in [0.25, 0.3) is 5.91 Å². The van der Waals surface area contributed by atoms with E-state index in [1.54, 1.807) is 37.4 Å². The minimum Gasteiger partial charge on any atom is -0.284 e. The minimum absolute atomic E-state index is 0.225. The number of amides is 1. The molecule has 0 aliphatic carbocycles. The summed E-state index contributed by atoms with van der Waals surface area (Å²) in [5.41, 5.74) is 2.99. The van der Waals surface area contributed by atoms with E-state index in [4.69, 9.17) is 0 Å². The third-order valence-electron chi connectivity index (χ3n) is 1.30. The number of carbonyl (C=O) groups is 1. The molecular formula is C8H10BrN3O. The summed E-state index contributed by atoms with van der Waals surface area (Å²) in [7, 11) is 3.49. The van der Waals surface area contributed by atoms with Crippen molar-refractivity contribution in [3.63, 3.8) is 0 Å². The van der Waals surface area contributed by atoms with Crippen molar-refractivity contribution in [2.45, 2.75) is 0 Å². The summed E-state index contributed by atoms with van der Waals surface area (Å²) in [5, 5.41) is 1.57. The van der Waals surface area contributed by atoms with Crippen molar-refractivity contribution in [2.75, 3.05) is 14.1 Å². The Kier molecular flexibility index (Phi) is 3.39. The van der Waals surface area contributed by atoms with E-state index in [2.05, 4.69) is 26.3 Å². The Morgan fingerprint density at radius 1 is 1.62 bits per heavy atom. The summed E-state index contributed by atoms with van der Waals surface area (Å²) in [6.45, 7) is 0. The SMILES string of the molecule is CN(C)NC(=O)c1ncccc1Br. The third kappa shape index (κ3) is 2.78. The zero-order valence-electron chi connectivity index (χ0n) is 7.41. The van der Waals surface area contributed by atoms with Gasteiger partial charge in [0.05, 0.1) is 0 Å². The molecular weight excluding hydrogens is 234 g/mol. The highest BCUT2D eigenvalue weighted by molar-refractivity contribution is 9.10. The Labute approximate surface area is 85.1 Å². The highest BCUT2D eigenvalue weighted by atomic mass is 79.9. The highest BCUT2D eigenvalue weighted by Gasteiger charge is 2.10. The average Bonchev–Trinajstić information content (AvgIpc) is 2.03. The summed E-state index contributed by atoms with van der Waals surface area (Å²) in [6, 6.07) is 3.54. The van der Waals surface area contributed by atoms with Crippen molar-refractivity contribution in [3.05, 3.63) is 28.5 Å². The van der Waals surface area contributed by atoms with Crippen molar-refractivity contribution >= 4 is 21.8 Å². The number of carbonyl (C=O) groups excluding carboxylic acids is 1. The van der Waals surface area contributed by atoms with Crippen LogP contribution in [0.2, 0.25) is 0 Å². The molecule has 1 aromatic heterocycles. The molecule has 0 fully saturated rings. The number of nitrogens with one attached hydrogen (secondary N) is 1. The Hall–Kier alpha value is -0.940. The molecule has 4 nitrogen and oxygen atoms in total. The molecule has 0 bridgehead atoms. The van der Waals surface area contributed by atoms with E-state index in [1.807, 2.05) is 0 Å². The van der Waals surface area contributed by atoms with Gasteiger partial charge in [-0.2, -0.15) is 0 Å². The predicted molar refractivity (Wildman–Crippen MR) is 53.1 cm³/mol. The molecule has 70 valence electrons. The number of halogens is 1. The molecule has 0 saturated heterocycles. The number of hydrazine groups is 1. The van der Waals surface area contributed by atoms with E-state index in [0.29, 0.717) is 10.2 Å². The molecule has 0 aliphatic heterocycles. The Bertz CT molecular complexity index is 314. The summed E-state index contributed by atoms with van der Waals surface area (Å²) < 4.78 is 0.689. The molecule has 0 aromatic carbocycles. The van der Waals surface area contributed by atoms with Crippen LogP contribution in [0.5, 0.6) is 0 Å². The fourth-order valence-corrected chi connectivity index (χ4v) is 1.24. The number of aromatic nitrogens is 1. The fourth-order valence-electron chi connectivity index (χ4n) is 0.809.